The minimum atomic E-state index is -5.08. The molecule has 1 fully saturated rings. The lowest BCUT2D eigenvalue weighted by Crippen LogP contribution is -2.47. The zero-order chi connectivity index (χ0) is 27.9. The van der Waals surface area contributed by atoms with Crippen LogP contribution in [-0.4, -0.2) is 64.9 Å². The van der Waals surface area contributed by atoms with Gasteiger partial charge in [0.15, 0.2) is 6.23 Å². The first-order valence-corrected chi connectivity index (χ1v) is 10.2. The number of aliphatic hydroxyl groups excluding tert-OH is 2. The van der Waals surface area contributed by atoms with E-state index >= 15 is 0 Å². The Morgan fingerprint density at radius 1 is 1.22 bits per heavy atom. The first kappa shape index (κ1) is 28.1. The maximum absolute atomic E-state index is 13.8. The molecule has 1 aliphatic heterocycles. The van der Waals surface area contributed by atoms with Crippen LogP contribution in [0, 0.1) is 5.82 Å². The van der Waals surface area contributed by atoms with Crippen molar-refractivity contribution >= 4 is 22.8 Å². The molecule has 10 nitrogen and oxygen atoms in total. The molecule has 0 spiro atoms. The smallest absolute Gasteiger partial charge is 0.475 e. The number of fused-ring (bicyclic) bond motifs is 1. The van der Waals surface area contributed by atoms with Crippen LogP contribution >= 0.6 is 0 Å². The van der Waals surface area contributed by atoms with Crippen molar-refractivity contribution in [2.45, 2.75) is 49.7 Å². The molecular formula is C21H20F6N4O6. The van der Waals surface area contributed by atoms with Crippen molar-refractivity contribution in [3.8, 4) is 0 Å². The summed E-state index contributed by atoms with van der Waals surface area (Å²) in [4.78, 5) is 16.9. The number of nitrogens with two attached hydrogens (primary N) is 1. The van der Waals surface area contributed by atoms with Crippen molar-refractivity contribution in [1.82, 2.24) is 14.5 Å². The van der Waals surface area contributed by atoms with E-state index in [0.717, 1.165) is 12.1 Å². The Morgan fingerprint density at radius 3 is 2.38 bits per heavy atom. The zero-order valence-electron chi connectivity index (χ0n) is 18.6. The Balaban J connectivity index is 0.000000479. The lowest BCUT2D eigenvalue weighted by Gasteiger charge is -2.30. The molecule has 202 valence electrons. The Kier molecular flexibility index (Phi) is 7.69. The summed E-state index contributed by atoms with van der Waals surface area (Å²) >= 11 is 0. The van der Waals surface area contributed by atoms with E-state index in [2.05, 4.69) is 9.97 Å². The molecule has 1 aliphatic rings. The number of halogens is 6. The Morgan fingerprint density at radius 2 is 1.81 bits per heavy atom. The number of hydrogen-bond acceptors (Lipinski definition) is 8. The molecule has 1 aromatic carbocycles. The van der Waals surface area contributed by atoms with Crippen molar-refractivity contribution in [3.05, 3.63) is 53.7 Å². The number of aliphatic hydroxyl groups is 3. The highest BCUT2D eigenvalue weighted by Gasteiger charge is 2.56. The van der Waals surface area contributed by atoms with Crippen LogP contribution in [0.25, 0.3) is 11.0 Å². The second-order valence-corrected chi connectivity index (χ2v) is 8.20. The largest absolute Gasteiger partial charge is 0.490 e. The van der Waals surface area contributed by atoms with E-state index in [1.165, 1.54) is 24.0 Å². The lowest BCUT2D eigenvalue weighted by molar-refractivity contribution is -0.192. The molecule has 0 aliphatic carbocycles. The van der Waals surface area contributed by atoms with Crippen molar-refractivity contribution in [3.63, 3.8) is 0 Å². The number of aromatic nitrogens is 3. The highest BCUT2D eigenvalue weighted by molar-refractivity contribution is 5.86. The van der Waals surface area contributed by atoms with Gasteiger partial charge in [-0.1, -0.05) is 0 Å². The molecule has 0 unspecified atom stereocenters. The first-order chi connectivity index (χ1) is 17.1. The number of benzene rings is 1. The number of alkyl halides is 5. The Hall–Kier alpha value is -3.47. The molecule has 16 heteroatoms. The fourth-order valence-corrected chi connectivity index (χ4v) is 3.73. The van der Waals surface area contributed by atoms with E-state index < -0.39 is 60.1 Å². The molecule has 3 heterocycles. The molecule has 4 rings (SSSR count). The number of aliphatic carboxylic acids is 1. The molecule has 0 saturated carbocycles. The van der Waals surface area contributed by atoms with E-state index in [-0.39, 0.29) is 11.4 Å². The van der Waals surface area contributed by atoms with Gasteiger partial charge in [0, 0.05) is 11.8 Å². The van der Waals surface area contributed by atoms with Gasteiger partial charge >= 0.3 is 12.1 Å². The van der Waals surface area contributed by atoms with E-state index in [1.807, 2.05) is 0 Å². The van der Waals surface area contributed by atoms with Gasteiger partial charge in [-0.15, -0.1) is 0 Å². The summed E-state index contributed by atoms with van der Waals surface area (Å²) in [5, 5.41) is 39.9. The van der Waals surface area contributed by atoms with Crippen LogP contribution in [0.15, 0.2) is 36.8 Å². The van der Waals surface area contributed by atoms with Gasteiger partial charge in [0.1, 0.15) is 47.5 Å². The maximum atomic E-state index is 13.8. The predicted octanol–water partition coefficient (Wildman–Crippen LogP) is 2.47. The van der Waals surface area contributed by atoms with Crippen LogP contribution in [0.3, 0.4) is 0 Å². The van der Waals surface area contributed by atoms with E-state index in [4.69, 9.17) is 20.4 Å². The number of rotatable bonds is 4. The van der Waals surface area contributed by atoms with Crippen LogP contribution in [-0.2, 0) is 9.53 Å². The standard InChI is InChI=1S/C19H19F3N4O4.C2HF3O2/c1-19(29)13(28)18(26-3-2-11-16(23)24-7-25-17(11)26)30-14(19)12(27)8-4-9(15(21)22)6-10(20)5-8;3-2(4,5)1(6)7/h2-7,12-15,18,27-29H,1H3,(H2,23,24,25);(H,6,7)/t12-,13-,14+,18+,19+;/m0./s1. The third-order valence-corrected chi connectivity index (χ3v) is 5.61. The predicted molar refractivity (Wildman–Crippen MR) is 112 cm³/mol. The lowest BCUT2D eigenvalue weighted by atomic mass is 9.88. The highest BCUT2D eigenvalue weighted by Crippen LogP contribution is 2.44. The Bertz CT molecular complexity index is 1280. The summed E-state index contributed by atoms with van der Waals surface area (Å²) in [6.45, 7) is 1.23. The average molecular weight is 538 g/mol. The minimum absolute atomic E-state index is 0.203. The topological polar surface area (TPSA) is 164 Å². The molecule has 0 bridgehead atoms. The van der Waals surface area contributed by atoms with Gasteiger partial charge in [0.05, 0.1) is 5.39 Å². The van der Waals surface area contributed by atoms with E-state index in [9.17, 15) is 41.7 Å². The van der Waals surface area contributed by atoms with Gasteiger partial charge in [0.2, 0.25) is 0 Å². The van der Waals surface area contributed by atoms with Gasteiger partial charge in [-0.3, -0.25) is 0 Å². The molecule has 37 heavy (non-hydrogen) atoms. The number of anilines is 1. The normalized spacial score (nSPS) is 24.7. The number of carboxylic acids is 1. The molecular weight excluding hydrogens is 518 g/mol. The van der Waals surface area contributed by atoms with E-state index in [0.29, 0.717) is 17.1 Å². The first-order valence-electron chi connectivity index (χ1n) is 10.2. The van der Waals surface area contributed by atoms with Gasteiger partial charge in [-0.2, -0.15) is 13.2 Å². The highest BCUT2D eigenvalue weighted by atomic mass is 19.4. The number of ether oxygens (including phenoxy) is 1. The molecule has 0 amide bonds. The minimum Gasteiger partial charge on any atom is -0.475 e. The monoisotopic (exact) mass is 538 g/mol. The van der Waals surface area contributed by atoms with Gasteiger partial charge in [-0.25, -0.2) is 27.9 Å². The quantitative estimate of drug-likeness (QED) is 0.314. The SMILES string of the molecule is C[C@]1(O)[C@@H]([C@@H](O)c2cc(F)cc(C(F)F)c2)O[C@@H](n2ccc3c(N)ncnc32)[C@@H]1O.O=C(O)C(F)(F)F. The number of hydrogen-bond donors (Lipinski definition) is 5. The van der Waals surface area contributed by atoms with Crippen molar-refractivity contribution < 1.29 is 56.3 Å². The van der Waals surface area contributed by atoms with Crippen LogP contribution < -0.4 is 5.73 Å². The van der Waals surface area contributed by atoms with Crippen LogP contribution in [0.2, 0.25) is 0 Å². The van der Waals surface area contributed by atoms with Crippen LogP contribution in [0.1, 0.15) is 36.8 Å². The molecule has 6 N–H and O–H groups in total. The molecule has 5 atom stereocenters. The summed E-state index contributed by atoms with van der Waals surface area (Å²) in [5.41, 5.74) is 3.29. The van der Waals surface area contributed by atoms with Crippen LogP contribution in [0.5, 0.6) is 0 Å². The number of nitrogens with zero attached hydrogens (tertiary/aromatic N) is 3. The van der Waals surface area contributed by atoms with Crippen LogP contribution in [0.4, 0.5) is 32.2 Å². The third-order valence-electron chi connectivity index (χ3n) is 5.61. The summed E-state index contributed by atoms with van der Waals surface area (Å²) < 4.78 is 78.7. The van der Waals surface area contributed by atoms with Gasteiger partial charge < -0.3 is 35.5 Å². The Labute approximate surface area is 203 Å². The second-order valence-electron chi connectivity index (χ2n) is 8.20. The number of carboxylic acid groups (broad SMARTS) is 1. The fourth-order valence-electron chi connectivity index (χ4n) is 3.73. The molecule has 0 radical (unpaired) electrons. The summed E-state index contributed by atoms with van der Waals surface area (Å²) in [5.74, 6) is -3.53. The van der Waals surface area contributed by atoms with E-state index in [1.54, 1.807) is 6.07 Å². The van der Waals surface area contributed by atoms with Gasteiger partial charge in [0.25, 0.3) is 6.43 Å². The molecule has 2 aromatic heterocycles. The fraction of sp³-hybridized carbons (Fsp3) is 0.381. The van der Waals surface area contributed by atoms with Gasteiger partial charge in [-0.05, 0) is 36.8 Å². The summed E-state index contributed by atoms with van der Waals surface area (Å²) in [7, 11) is 0. The van der Waals surface area contributed by atoms with Crippen molar-refractivity contribution in [1.29, 1.82) is 0 Å². The number of carbonyl (C=O) groups is 1. The third kappa shape index (κ3) is 5.61. The van der Waals surface area contributed by atoms with Crippen molar-refractivity contribution in [2.24, 2.45) is 0 Å². The maximum Gasteiger partial charge on any atom is 0.490 e. The van der Waals surface area contributed by atoms with Crippen molar-refractivity contribution in [2.75, 3.05) is 5.73 Å². The summed E-state index contributed by atoms with van der Waals surface area (Å²) in [6.07, 6.45) is -11.2. The zero-order valence-corrected chi connectivity index (χ0v) is 18.6. The average Bonchev–Trinajstić information content (AvgIpc) is 3.32. The molecule has 3 aromatic rings. The number of nitrogen functional groups attached to an aromatic ring is 1. The second kappa shape index (κ2) is 10.1. The summed E-state index contributed by atoms with van der Waals surface area (Å²) in [6, 6.07) is 4.05. The molecule has 1 saturated heterocycles.